The molecule has 0 unspecified atom stereocenters. The van der Waals surface area contributed by atoms with Crippen molar-refractivity contribution in [2.75, 3.05) is 17.6 Å². The first-order valence-electron chi connectivity index (χ1n) is 5.11. The quantitative estimate of drug-likeness (QED) is 0.809. The number of hydrogen-bond donors (Lipinski definition) is 2. The van der Waals surface area contributed by atoms with Gasteiger partial charge in [-0.1, -0.05) is 13.8 Å². The third-order valence-electron chi connectivity index (χ3n) is 2.01. The molecule has 0 atom stereocenters. The van der Waals surface area contributed by atoms with Crippen LogP contribution < -0.4 is 11.1 Å². The number of nitrogens with one attached hydrogen (secondary N) is 1. The maximum atomic E-state index is 5.50. The minimum atomic E-state index is 0.296. The fourth-order valence-corrected chi connectivity index (χ4v) is 1.55. The number of anilines is 2. The zero-order valence-corrected chi connectivity index (χ0v) is 10.7. The van der Waals surface area contributed by atoms with Crippen molar-refractivity contribution in [2.24, 2.45) is 5.92 Å². The van der Waals surface area contributed by atoms with Crippen molar-refractivity contribution in [2.45, 2.75) is 26.7 Å². The number of hydrogen-bond acceptors (Lipinski definition) is 4. The number of rotatable bonds is 5. The first-order chi connectivity index (χ1) is 7.09. The molecule has 1 rings (SSSR count). The molecule has 0 saturated heterocycles. The van der Waals surface area contributed by atoms with Gasteiger partial charge in [0.25, 0.3) is 0 Å². The van der Waals surface area contributed by atoms with Crippen LogP contribution in [0.1, 0.15) is 26.7 Å². The van der Waals surface area contributed by atoms with Crippen molar-refractivity contribution in [3.8, 4) is 0 Å². The van der Waals surface area contributed by atoms with E-state index in [9.17, 15) is 0 Å². The second-order valence-corrected chi connectivity index (χ2v) is 4.74. The molecule has 0 bridgehead atoms. The maximum absolute atomic E-state index is 5.50. The molecule has 0 saturated carbocycles. The summed E-state index contributed by atoms with van der Waals surface area (Å²) in [4.78, 5) is 7.97. The Morgan fingerprint density at radius 1 is 1.53 bits per heavy atom. The summed E-state index contributed by atoms with van der Waals surface area (Å²) in [7, 11) is 0. The Balaban J connectivity index is 2.40. The lowest BCUT2D eigenvalue weighted by molar-refractivity contribution is 0.566. The summed E-state index contributed by atoms with van der Waals surface area (Å²) in [6.07, 6.45) is 4.01. The molecule has 84 valence electrons. The molecule has 5 heteroatoms. The molecule has 0 aliphatic heterocycles. The van der Waals surface area contributed by atoms with Crippen LogP contribution in [-0.4, -0.2) is 16.5 Å². The van der Waals surface area contributed by atoms with Crippen molar-refractivity contribution in [3.63, 3.8) is 0 Å². The molecule has 3 N–H and O–H groups in total. The molecule has 1 aromatic heterocycles. The Kier molecular flexibility index (Phi) is 4.81. The van der Waals surface area contributed by atoms with E-state index in [1.54, 1.807) is 6.20 Å². The van der Waals surface area contributed by atoms with Gasteiger partial charge in [-0.2, -0.15) is 4.98 Å². The van der Waals surface area contributed by atoms with Crippen LogP contribution in [0.25, 0.3) is 0 Å². The highest BCUT2D eigenvalue weighted by molar-refractivity contribution is 9.10. The molecular weight excluding hydrogens is 256 g/mol. The standard InChI is InChI=1S/C10H17BrN4/c1-7(2)4-3-5-13-9-8(11)6-14-10(12)15-9/h6-7H,3-5H2,1-2H3,(H3,12,13,14,15). The van der Waals surface area contributed by atoms with Crippen molar-refractivity contribution in [1.82, 2.24) is 9.97 Å². The number of nitrogen functional groups attached to an aromatic ring is 1. The summed E-state index contributed by atoms with van der Waals surface area (Å²) in [5.41, 5.74) is 5.50. The van der Waals surface area contributed by atoms with Crippen LogP contribution in [0.2, 0.25) is 0 Å². The van der Waals surface area contributed by atoms with Crippen LogP contribution in [0, 0.1) is 5.92 Å². The molecule has 4 nitrogen and oxygen atoms in total. The van der Waals surface area contributed by atoms with E-state index in [4.69, 9.17) is 5.73 Å². The highest BCUT2D eigenvalue weighted by Gasteiger charge is 2.02. The van der Waals surface area contributed by atoms with Crippen molar-refractivity contribution >= 4 is 27.7 Å². The van der Waals surface area contributed by atoms with E-state index >= 15 is 0 Å². The number of nitrogens with zero attached hydrogens (tertiary/aromatic N) is 2. The summed E-state index contributed by atoms with van der Waals surface area (Å²) >= 11 is 3.37. The molecule has 0 amide bonds. The minimum Gasteiger partial charge on any atom is -0.369 e. The van der Waals surface area contributed by atoms with Gasteiger partial charge in [0.1, 0.15) is 5.82 Å². The lowest BCUT2D eigenvalue weighted by Crippen LogP contribution is -2.07. The smallest absolute Gasteiger partial charge is 0.221 e. The normalized spacial score (nSPS) is 10.7. The highest BCUT2D eigenvalue weighted by Crippen LogP contribution is 2.19. The Morgan fingerprint density at radius 2 is 2.27 bits per heavy atom. The van der Waals surface area contributed by atoms with E-state index < -0.39 is 0 Å². The van der Waals surface area contributed by atoms with Gasteiger partial charge in [0.05, 0.1) is 4.47 Å². The van der Waals surface area contributed by atoms with Gasteiger partial charge in [0, 0.05) is 12.7 Å². The lowest BCUT2D eigenvalue weighted by Gasteiger charge is -2.08. The van der Waals surface area contributed by atoms with Gasteiger partial charge in [-0.15, -0.1) is 0 Å². The molecule has 0 aliphatic carbocycles. The van der Waals surface area contributed by atoms with Crippen LogP contribution in [0.15, 0.2) is 10.7 Å². The van der Waals surface area contributed by atoms with E-state index in [0.29, 0.717) is 5.95 Å². The Morgan fingerprint density at radius 3 is 2.93 bits per heavy atom. The van der Waals surface area contributed by atoms with Crippen LogP contribution in [0.4, 0.5) is 11.8 Å². The van der Waals surface area contributed by atoms with E-state index in [0.717, 1.165) is 29.2 Å². The van der Waals surface area contributed by atoms with Crippen molar-refractivity contribution < 1.29 is 0 Å². The monoisotopic (exact) mass is 272 g/mol. The molecule has 1 aromatic rings. The second-order valence-electron chi connectivity index (χ2n) is 3.89. The van der Waals surface area contributed by atoms with E-state index in [2.05, 4.69) is 45.1 Å². The summed E-state index contributed by atoms with van der Waals surface area (Å²) in [6, 6.07) is 0. The number of aromatic nitrogens is 2. The Hall–Kier alpha value is -0.840. The lowest BCUT2D eigenvalue weighted by atomic mass is 10.1. The molecule has 0 radical (unpaired) electrons. The average molecular weight is 273 g/mol. The Labute approximate surface area is 98.8 Å². The van der Waals surface area contributed by atoms with Gasteiger partial charge in [-0.25, -0.2) is 4.98 Å². The second kappa shape index (κ2) is 5.90. The van der Waals surface area contributed by atoms with Crippen molar-refractivity contribution in [3.05, 3.63) is 10.7 Å². The number of nitrogens with two attached hydrogens (primary N) is 1. The minimum absolute atomic E-state index is 0.296. The van der Waals surface area contributed by atoms with Gasteiger partial charge < -0.3 is 11.1 Å². The van der Waals surface area contributed by atoms with Crippen LogP contribution in [-0.2, 0) is 0 Å². The third kappa shape index (κ3) is 4.46. The van der Waals surface area contributed by atoms with Gasteiger partial charge in [0.15, 0.2) is 0 Å². The third-order valence-corrected chi connectivity index (χ3v) is 2.59. The predicted molar refractivity (Wildman–Crippen MR) is 66.7 cm³/mol. The zero-order valence-electron chi connectivity index (χ0n) is 9.13. The van der Waals surface area contributed by atoms with Gasteiger partial charge in [-0.3, -0.25) is 0 Å². The van der Waals surface area contributed by atoms with Crippen molar-refractivity contribution in [1.29, 1.82) is 0 Å². The molecule has 15 heavy (non-hydrogen) atoms. The first-order valence-corrected chi connectivity index (χ1v) is 5.90. The van der Waals surface area contributed by atoms with Gasteiger partial charge in [-0.05, 0) is 34.7 Å². The topological polar surface area (TPSA) is 63.8 Å². The molecule has 0 aliphatic rings. The molecule has 1 heterocycles. The Bertz CT molecular complexity index is 314. The number of halogens is 1. The summed E-state index contributed by atoms with van der Waals surface area (Å²) in [5, 5.41) is 3.23. The maximum Gasteiger partial charge on any atom is 0.221 e. The summed E-state index contributed by atoms with van der Waals surface area (Å²) in [6.45, 7) is 5.35. The highest BCUT2D eigenvalue weighted by atomic mass is 79.9. The SMILES string of the molecule is CC(C)CCCNc1nc(N)ncc1Br. The van der Waals surface area contributed by atoms with Crippen LogP contribution >= 0.6 is 15.9 Å². The zero-order chi connectivity index (χ0) is 11.3. The van der Waals surface area contributed by atoms with Gasteiger partial charge in [0.2, 0.25) is 5.95 Å². The van der Waals surface area contributed by atoms with E-state index in [1.165, 1.54) is 6.42 Å². The van der Waals surface area contributed by atoms with Gasteiger partial charge >= 0.3 is 0 Å². The van der Waals surface area contributed by atoms with Crippen LogP contribution in [0.5, 0.6) is 0 Å². The van der Waals surface area contributed by atoms with Crippen LogP contribution in [0.3, 0.4) is 0 Å². The average Bonchev–Trinajstić information content (AvgIpc) is 2.17. The molecule has 0 spiro atoms. The van der Waals surface area contributed by atoms with E-state index in [1.807, 2.05) is 0 Å². The molecule has 0 fully saturated rings. The fraction of sp³-hybridized carbons (Fsp3) is 0.600. The molecular formula is C10H17BrN4. The molecule has 0 aromatic carbocycles. The first kappa shape index (κ1) is 12.2. The summed E-state index contributed by atoms with van der Waals surface area (Å²) in [5.74, 6) is 1.81. The summed E-state index contributed by atoms with van der Waals surface area (Å²) < 4.78 is 0.848. The van der Waals surface area contributed by atoms with E-state index in [-0.39, 0.29) is 0 Å². The fourth-order valence-electron chi connectivity index (χ4n) is 1.22. The largest absolute Gasteiger partial charge is 0.369 e. The predicted octanol–water partition coefficient (Wildman–Crippen LogP) is 2.67.